The summed E-state index contributed by atoms with van der Waals surface area (Å²) in [4.78, 5) is 7.01. The molecule has 1 aliphatic heterocycles. The number of fused-ring (bicyclic) bond motifs is 1. The highest BCUT2D eigenvalue weighted by molar-refractivity contribution is 7.88. The molecule has 9 heteroatoms. The van der Waals surface area contributed by atoms with Gasteiger partial charge in [-0.3, -0.25) is 4.98 Å². The fraction of sp³-hybridized carbons (Fsp3) is 0.581. The van der Waals surface area contributed by atoms with E-state index in [0.29, 0.717) is 30.1 Å². The first kappa shape index (κ1) is 27.7. The molecule has 1 saturated heterocycles. The van der Waals surface area contributed by atoms with E-state index in [2.05, 4.69) is 31.4 Å². The predicted molar refractivity (Wildman–Crippen MR) is 156 cm³/mol. The molecule has 3 aromatic rings. The topological polar surface area (TPSA) is 76.5 Å². The molecule has 2 aromatic heterocycles. The van der Waals surface area contributed by atoms with Gasteiger partial charge in [-0.15, -0.1) is 0 Å². The molecule has 6 rings (SSSR count). The number of likely N-dealkylation sites (tertiary alicyclic amines) is 1. The summed E-state index contributed by atoms with van der Waals surface area (Å²) in [5.41, 5.74) is 3.24. The minimum absolute atomic E-state index is 0.107. The molecule has 40 heavy (non-hydrogen) atoms. The number of nitrogens with one attached hydrogen (secondary N) is 1. The molecule has 216 valence electrons. The van der Waals surface area contributed by atoms with Gasteiger partial charge in [-0.1, -0.05) is 0 Å². The Balaban J connectivity index is 1.09. The molecule has 0 radical (unpaired) electrons. The Hall–Kier alpha value is -2.49. The first-order chi connectivity index (χ1) is 19.3. The number of pyridine rings is 1. The zero-order valence-electron chi connectivity index (χ0n) is 23.4. The SMILES string of the molecule is CS(=O)(=O)N[C@H]1CC[C@H](CCN2CCC(c3cn(-c4ccc(F)cc4OCC4CC4)c4cnccc34)CC2)CC1. The third-order valence-electron chi connectivity index (χ3n) is 9.10. The van der Waals surface area contributed by atoms with Gasteiger partial charge in [-0.2, -0.15) is 0 Å². The van der Waals surface area contributed by atoms with Gasteiger partial charge in [0, 0.05) is 29.9 Å². The minimum atomic E-state index is -3.12. The van der Waals surface area contributed by atoms with Crippen molar-refractivity contribution in [3.05, 3.63) is 54.2 Å². The molecule has 0 atom stereocenters. The smallest absolute Gasteiger partial charge is 0.208 e. The van der Waals surface area contributed by atoms with E-state index in [0.717, 1.165) is 69.4 Å². The van der Waals surface area contributed by atoms with E-state index in [-0.39, 0.29) is 11.9 Å². The standard InChI is InChI=1S/C31H41FN4O3S/c1-40(37,38)34-26-7-4-22(5-8-26)11-15-35-16-12-24(13-17-35)28-20-36(30-19-33-14-10-27(28)30)29-9-6-25(32)18-31(29)39-21-23-2-3-23/h6,9-10,14,18-20,22-24,26,34H,2-5,7-8,11-13,15-17,21H2,1H3/t22-,26-. The van der Waals surface area contributed by atoms with E-state index >= 15 is 0 Å². The Morgan fingerprint density at radius 1 is 1.02 bits per heavy atom. The van der Waals surface area contributed by atoms with Crippen molar-refractivity contribution in [3.63, 3.8) is 0 Å². The summed E-state index contributed by atoms with van der Waals surface area (Å²) in [5.74, 6) is 2.06. The van der Waals surface area contributed by atoms with Crippen molar-refractivity contribution < 1.29 is 17.5 Å². The average molecular weight is 569 g/mol. The lowest BCUT2D eigenvalue weighted by Gasteiger charge is -2.34. The largest absolute Gasteiger partial charge is 0.491 e. The van der Waals surface area contributed by atoms with Crippen molar-refractivity contribution in [1.82, 2.24) is 19.2 Å². The van der Waals surface area contributed by atoms with Crippen LogP contribution in [0.1, 0.15) is 69.3 Å². The van der Waals surface area contributed by atoms with Crippen molar-refractivity contribution >= 4 is 20.9 Å². The molecule has 3 fully saturated rings. The van der Waals surface area contributed by atoms with Crippen LogP contribution in [0.2, 0.25) is 0 Å². The maximum absolute atomic E-state index is 14.2. The van der Waals surface area contributed by atoms with Gasteiger partial charge < -0.3 is 14.2 Å². The molecule has 7 nitrogen and oxygen atoms in total. The minimum Gasteiger partial charge on any atom is -0.491 e. The van der Waals surface area contributed by atoms with Gasteiger partial charge in [0.2, 0.25) is 10.0 Å². The van der Waals surface area contributed by atoms with E-state index in [4.69, 9.17) is 4.74 Å². The molecular weight excluding hydrogens is 527 g/mol. The fourth-order valence-electron chi connectivity index (χ4n) is 6.62. The van der Waals surface area contributed by atoms with Crippen LogP contribution in [0, 0.1) is 17.7 Å². The zero-order valence-corrected chi connectivity index (χ0v) is 24.2. The van der Waals surface area contributed by atoms with Crippen molar-refractivity contribution in [2.24, 2.45) is 11.8 Å². The Bertz CT molecular complexity index is 1420. The quantitative estimate of drug-likeness (QED) is 0.343. The van der Waals surface area contributed by atoms with Crippen LogP contribution in [0.15, 0.2) is 42.9 Å². The number of benzene rings is 1. The Morgan fingerprint density at radius 3 is 2.50 bits per heavy atom. The molecular formula is C31H41FN4O3S. The molecule has 0 bridgehead atoms. The highest BCUT2D eigenvalue weighted by Gasteiger charge is 2.28. The van der Waals surface area contributed by atoms with E-state index in [9.17, 15) is 12.8 Å². The number of hydrogen-bond acceptors (Lipinski definition) is 5. The van der Waals surface area contributed by atoms with Crippen LogP contribution in [-0.4, -0.2) is 61.4 Å². The van der Waals surface area contributed by atoms with Crippen molar-refractivity contribution in [3.8, 4) is 11.4 Å². The molecule has 2 aliphatic carbocycles. The van der Waals surface area contributed by atoms with E-state index in [1.165, 1.54) is 48.6 Å². The number of sulfonamides is 1. The normalized spacial score (nSPS) is 23.1. The van der Waals surface area contributed by atoms with Crippen LogP contribution in [0.5, 0.6) is 5.75 Å². The lowest BCUT2D eigenvalue weighted by molar-refractivity contribution is 0.185. The van der Waals surface area contributed by atoms with Crippen molar-refractivity contribution in [2.45, 2.75) is 69.7 Å². The number of halogens is 1. The van der Waals surface area contributed by atoms with Gasteiger partial charge in [0.05, 0.1) is 30.3 Å². The molecule has 0 unspecified atom stereocenters. The summed E-state index contributed by atoms with van der Waals surface area (Å²) >= 11 is 0. The number of ether oxygens (including phenoxy) is 1. The predicted octanol–water partition coefficient (Wildman–Crippen LogP) is 5.63. The number of aromatic nitrogens is 2. The highest BCUT2D eigenvalue weighted by atomic mass is 32.2. The lowest BCUT2D eigenvalue weighted by atomic mass is 9.84. The summed E-state index contributed by atoms with van der Waals surface area (Å²) < 4.78 is 48.2. The summed E-state index contributed by atoms with van der Waals surface area (Å²) in [6, 6.07) is 7.05. The van der Waals surface area contributed by atoms with Crippen LogP contribution in [-0.2, 0) is 10.0 Å². The molecule has 2 saturated carbocycles. The maximum atomic E-state index is 14.2. The summed E-state index contributed by atoms with van der Waals surface area (Å²) in [5, 5.41) is 1.21. The average Bonchev–Trinajstić information content (AvgIpc) is 3.70. The maximum Gasteiger partial charge on any atom is 0.208 e. The van der Waals surface area contributed by atoms with Gasteiger partial charge in [-0.25, -0.2) is 17.5 Å². The first-order valence-corrected chi connectivity index (χ1v) is 16.8. The molecule has 1 N–H and O–H groups in total. The Morgan fingerprint density at radius 2 is 1.77 bits per heavy atom. The molecule has 0 spiro atoms. The van der Waals surface area contributed by atoms with Crippen LogP contribution >= 0.6 is 0 Å². The van der Waals surface area contributed by atoms with Crippen LogP contribution in [0.25, 0.3) is 16.6 Å². The summed E-state index contributed by atoms with van der Waals surface area (Å²) in [6.45, 7) is 3.92. The van der Waals surface area contributed by atoms with E-state index in [1.54, 1.807) is 0 Å². The third-order valence-corrected chi connectivity index (χ3v) is 9.86. The zero-order chi connectivity index (χ0) is 27.7. The fourth-order valence-corrected chi connectivity index (χ4v) is 7.47. The molecule has 3 aliphatic rings. The van der Waals surface area contributed by atoms with Gasteiger partial charge in [-0.05, 0) is 119 Å². The third kappa shape index (κ3) is 6.69. The van der Waals surface area contributed by atoms with Gasteiger partial charge in [0.1, 0.15) is 11.6 Å². The van der Waals surface area contributed by atoms with Crippen LogP contribution in [0.3, 0.4) is 0 Å². The van der Waals surface area contributed by atoms with Crippen molar-refractivity contribution in [1.29, 1.82) is 0 Å². The summed E-state index contributed by atoms with van der Waals surface area (Å²) in [7, 11) is -3.12. The van der Waals surface area contributed by atoms with E-state index < -0.39 is 10.0 Å². The Labute approximate surface area is 237 Å². The molecule has 1 aromatic carbocycles. The highest BCUT2D eigenvalue weighted by Crippen LogP contribution is 2.38. The first-order valence-electron chi connectivity index (χ1n) is 14.9. The van der Waals surface area contributed by atoms with Gasteiger partial charge in [0.25, 0.3) is 0 Å². The monoisotopic (exact) mass is 568 g/mol. The lowest BCUT2D eigenvalue weighted by Crippen LogP contribution is -2.38. The van der Waals surface area contributed by atoms with Crippen LogP contribution < -0.4 is 9.46 Å². The number of nitrogens with zero attached hydrogens (tertiary/aromatic N) is 3. The van der Waals surface area contributed by atoms with E-state index in [1.807, 2.05) is 18.5 Å². The number of rotatable bonds is 10. The molecule has 0 amide bonds. The second kappa shape index (κ2) is 11.8. The number of piperidine rings is 1. The van der Waals surface area contributed by atoms with Gasteiger partial charge in [0.15, 0.2) is 0 Å². The molecule has 3 heterocycles. The Kier molecular flexibility index (Phi) is 8.15. The summed E-state index contributed by atoms with van der Waals surface area (Å²) in [6.07, 6.45) is 17.1. The second-order valence-corrected chi connectivity index (χ2v) is 14.0. The van der Waals surface area contributed by atoms with Crippen LogP contribution in [0.4, 0.5) is 4.39 Å². The second-order valence-electron chi connectivity index (χ2n) is 12.2. The number of hydrogen-bond donors (Lipinski definition) is 1. The van der Waals surface area contributed by atoms with Gasteiger partial charge >= 0.3 is 0 Å². The van der Waals surface area contributed by atoms with Crippen molar-refractivity contribution in [2.75, 3.05) is 32.5 Å².